The quantitative estimate of drug-likeness (QED) is 0.795. The Bertz CT molecular complexity index is 662. The summed E-state index contributed by atoms with van der Waals surface area (Å²) < 4.78 is 39.2. The normalized spacial score (nSPS) is 10.9. The average molecular weight is 390 g/mol. The molecule has 0 bridgehead atoms. The minimum absolute atomic E-state index is 0.164. The van der Waals surface area contributed by atoms with E-state index in [1.165, 1.54) is 24.5 Å². The fourth-order valence-corrected chi connectivity index (χ4v) is 1.74. The van der Waals surface area contributed by atoms with Gasteiger partial charge < -0.3 is 5.32 Å². The maximum Gasteiger partial charge on any atom is 0.417 e. The minimum Gasteiger partial charge on any atom is -0.324 e. The summed E-state index contributed by atoms with van der Waals surface area (Å²) in [5.41, 5.74) is -1.25. The van der Waals surface area contributed by atoms with Gasteiger partial charge in [-0.3, -0.25) is 0 Å². The number of alkyl halides is 3. The van der Waals surface area contributed by atoms with Crippen LogP contribution in [0.5, 0.6) is 0 Å². The van der Waals surface area contributed by atoms with Crippen molar-refractivity contribution in [2.24, 2.45) is 0 Å². The summed E-state index contributed by atoms with van der Waals surface area (Å²) >= 11 is 2.02. The molecule has 1 aromatic heterocycles. The van der Waals surface area contributed by atoms with Crippen LogP contribution in [0.1, 0.15) is 11.1 Å². The molecule has 8 heteroatoms. The van der Waals surface area contributed by atoms with Gasteiger partial charge in [-0.25, -0.2) is 9.97 Å². The van der Waals surface area contributed by atoms with Crippen molar-refractivity contribution in [3.05, 3.63) is 45.3 Å². The number of nitriles is 1. The van der Waals surface area contributed by atoms with E-state index >= 15 is 0 Å². The van der Waals surface area contributed by atoms with Gasteiger partial charge in [0.25, 0.3) is 0 Å². The number of rotatable bonds is 2. The zero-order chi connectivity index (χ0) is 14.8. The molecule has 0 saturated heterocycles. The van der Waals surface area contributed by atoms with Gasteiger partial charge in [0.1, 0.15) is 0 Å². The van der Waals surface area contributed by atoms with Gasteiger partial charge in [0.05, 0.1) is 17.2 Å². The van der Waals surface area contributed by atoms with Crippen LogP contribution in [0.25, 0.3) is 0 Å². The molecule has 0 fully saturated rings. The van der Waals surface area contributed by atoms with Gasteiger partial charge in [-0.05, 0) is 40.8 Å². The third-order valence-corrected chi connectivity index (χ3v) is 2.88. The number of nitrogens with zero attached hydrogens (tertiary/aromatic N) is 3. The smallest absolute Gasteiger partial charge is 0.324 e. The molecule has 0 aliphatic carbocycles. The number of halogens is 4. The Kier molecular flexibility index (Phi) is 4.08. The van der Waals surface area contributed by atoms with Crippen molar-refractivity contribution in [1.29, 1.82) is 5.26 Å². The Morgan fingerprint density at radius 2 is 1.85 bits per heavy atom. The molecular weight excluding hydrogens is 384 g/mol. The van der Waals surface area contributed by atoms with E-state index in [0.29, 0.717) is 0 Å². The zero-order valence-corrected chi connectivity index (χ0v) is 11.9. The average Bonchev–Trinajstić information content (AvgIpc) is 2.40. The van der Waals surface area contributed by atoms with Crippen molar-refractivity contribution in [2.45, 2.75) is 6.18 Å². The van der Waals surface area contributed by atoms with E-state index < -0.39 is 17.3 Å². The molecule has 1 N–H and O–H groups in total. The molecule has 0 unspecified atom stereocenters. The largest absolute Gasteiger partial charge is 0.417 e. The molecule has 1 heterocycles. The van der Waals surface area contributed by atoms with Crippen LogP contribution in [-0.2, 0) is 6.18 Å². The zero-order valence-electron chi connectivity index (χ0n) is 9.74. The summed E-state index contributed by atoms with van der Waals surface area (Å²) in [7, 11) is 0. The SMILES string of the molecule is N#Cc1ccc(Nc2ncc(I)cn2)cc1C(F)(F)F. The highest BCUT2D eigenvalue weighted by Crippen LogP contribution is 2.33. The van der Waals surface area contributed by atoms with Gasteiger partial charge in [-0.2, -0.15) is 18.4 Å². The molecule has 1 aromatic carbocycles. The molecule has 0 radical (unpaired) electrons. The standard InChI is InChI=1S/C12H6F3IN4/c13-12(14,15)10-3-9(2-1-7(10)4-17)20-11-18-5-8(16)6-19-11/h1-3,5-6H,(H,18,19,20). The Morgan fingerprint density at radius 1 is 1.20 bits per heavy atom. The van der Waals surface area contributed by atoms with Crippen LogP contribution in [0.15, 0.2) is 30.6 Å². The topological polar surface area (TPSA) is 61.6 Å². The molecule has 0 aliphatic heterocycles. The van der Waals surface area contributed by atoms with Crippen LogP contribution in [0.4, 0.5) is 24.8 Å². The maximum atomic E-state index is 12.8. The van der Waals surface area contributed by atoms with E-state index in [0.717, 1.165) is 15.7 Å². The summed E-state index contributed by atoms with van der Waals surface area (Å²) in [4.78, 5) is 7.86. The second-order valence-corrected chi connectivity index (χ2v) is 4.97. The highest BCUT2D eigenvalue weighted by atomic mass is 127. The molecule has 0 spiro atoms. The first-order chi connectivity index (χ1) is 9.40. The number of nitrogens with one attached hydrogen (secondary N) is 1. The summed E-state index contributed by atoms with van der Waals surface area (Å²) in [6.45, 7) is 0. The molecule has 20 heavy (non-hydrogen) atoms. The van der Waals surface area contributed by atoms with Crippen molar-refractivity contribution >= 4 is 34.2 Å². The van der Waals surface area contributed by atoms with E-state index in [2.05, 4.69) is 15.3 Å². The van der Waals surface area contributed by atoms with Crippen molar-refractivity contribution in [3.8, 4) is 6.07 Å². The van der Waals surface area contributed by atoms with Crippen LogP contribution < -0.4 is 5.32 Å². The molecule has 0 aliphatic rings. The lowest BCUT2D eigenvalue weighted by Crippen LogP contribution is -2.08. The van der Waals surface area contributed by atoms with Gasteiger partial charge in [0.15, 0.2) is 0 Å². The van der Waals surface area contributed by atoms with Crippen LogP contribution >= 0.6 is 22.6 Å². The number of benzene rings is 1. The summed E-state index contributed by atoms with van der Waals surface area (Å²) in [5.74, 6) is 0.184. The predicted octanol–water partition coefficient (Wildman–Crippen LogP) is 3.72. The fourth-order valence-electron chi connectivity index (χ4n) is 1.46. The van der Waals surface area contributed by atoms with Crippen molar-refractivity contribution in [3.63, 3.8) is 0 Å². The van der Waals surface area contributed by atoms with E-state index in [9.17, 15) is 13.2 Å². The Morgan fingerprint density at radius 3 is 2.40 bits per heavy atom. The van der Waals surface area contributed by atoms with Crippen LogP contribution in [0, 0.1) is 14.9 Å². The Labute approximate surface area is 125 Å². The predicted molar refractivity (Wildman–Crippen MR) is 74.2 cm³/mol. The van der Waals surface area contributed by atoms with Crippen LogP contribution in [0.2, 0.25) is 0 Å². The number of anilines is 2. The first-order valence-electron chi connectivity index (χ1n) is 5.26. The van der Waals surface area contributed by atoms with E-state index in [1.807, 2.05) is 22.6 Å². The number of hydrogen-bond acceptors (Lipinski definition) is 4. The molecule has 2 rings (SSSR count). The van der Waals surface area contributed by atoms with E-state index in [1.54, 1.807) is 0 Å². The lowest BCUT2D eigenvalue weighted by atomic mass is 10.1. The van der Waals surface area contributed by atoms with Crippen molar-refractivity contribution in [1.82, 2.24) is 9.97 Å². The van der Waals surface area contributed by atoms with Crippen molar-refractivity contribution < 1.29 is 13.2 Å². The summed E-state index contributed by atoms with van der Waals surface area (Å²) in [6, 6.07) is 4.86. The molecule has 4 nitrogen and oxygen atoms in total. The van der Waals surface area contributed by atoms with Gasteiger partial charge in [0, 0.05) is 21.7 Å². The first-order valence-corrected chi connectivity index (χ1v) is 6.34. The monoisotopic (exact) mass is 390 g/mol. The second-order valence-electron chi connectivity index (χ2n) is 3.72. The molecule has 0 amide bonds. The fraction of sp³-hybridized carbons (Fsp3) is 0.0833. The minimum atomic E-state index is -4.59. The number of hydrogen-bond donors (Lipinski definition) is 1. The van der Waals surface area contributed by atoms with Crippen molar-refractivity contribution in [2.75, 3.05) is 5.32 Å². The molecule has 2 aromatic rings. The summed E-state index contributed by atoms with van der Waals surface area (Å²) in [6.07, 6.45) is -1.52. The molecular formula is C12H6F3IN4. The third-order valence-electron chi connectivity index (χ3n) is 2.32. The van der Waals surface area contributed by atoms with Crippen LogP contribution in [0.3, 0.4) is 0 Å². The lowest BCUT2D eigenvalue weighted by Gasteiger charge is -2.11. The van der Waals surface area contributed by atoms with Gasteiger partial charge in [-0.1, -0.05) is 0 Å². The lowest BCUT2D eigenvalue weighted by molar-refractivity contribution is -0.137. The molecule has 0 saturated carbocycles. The van der Waals surface area contributed by atoms with Crippen LogP contribution in [-0.4, -0.2) is 9.97 Å². The molecule has 102 valence electrons. The third kappa shape index (κ3) is 3.36. The Balaban J connectivity index is 2.34. The van der Waals surface area contributed by atoms with E-state index in [4.69, 9.17) is 5.26 Å². The maximum absolute atomic E-state index is 12.8. The second kappa shape index (κ2) is 5.62. The van der Waals surface area contributed by atoms with E-state index in [-0.39, 0.29) is 11.6 Å². The highest BCUT2D eigenvalue weighted by molar-refractivity contribution is 14.1. The van der Waals surface area contributed by atoms with Gasteiger partial charge in [-0.15, -0.1) is 0 Å². The number of aromatic nitrogens is 2. The van der Waals surface area contributed by atoms with Gasteiger partial charge >= 0.3 is 6.18 Å². The first kappa shape index (κ1) is 14.5. The Hall–Kier alpha value is -1.89. The summed E-state index contributed by atoms with van der Waals surface area (Å²) in [5, 5.41) is 11.4. The highest BCUT2D eigenvalue weighted by Gasteiger charge is 2.33. The molecule has 0 atom stereocenters. The van der Waals surface area contributed by atoms with Gasteiger partial charge in [0.2, 0.25) is 5.95 Å².